The van der Waals surface area contributed by atoms with Gasteiger partial charge in [-0.25, -0.2) is 0 Å². The van der Waals surface area contributed by atoms with Gasteiger partial charge in [0.15, 0.2) is 0 Å². The van der Waals surface area contributed by atoms with Gasteiger partial charge in [0.1, 0.15) is 23.4 Å². The Balaban J connectivity index is 2.23. The first-order valence-corrected chi connectivity index (χ1v) is 8.30. The molecule has 1 unspecified atom stereocenters. The third kappa shape index (κ3) is 2.50. The first-order valence-electron chi connectivity index (χ1n) is 6.71. The van der Waals surface area contributed by atoms with Crippen molar-refractivity contribution in [3.8, 4) is 11.5 Å². The van der Waals surface area contributed by atoms with E-state index in [0.717, 1.165) is 33.3 Å². The van der Waals surface area contributed by atoms with E-state index in [0.29, 0.717) is 12.2 Å². The van der Waals surface area contributed by atoms with Gasteiger partial charge in [0.05, 0.1) is 21.5 Å². The summed E-state index contributed by atoms with van der Waals surface area (Å²) in [5, 5.41) is 0. The Morgan fingerprint density at radius 3 is 2.25 bits per heavy atom. The minimum Gasteiger partial charge on any atom is -0.496 e. The zero-order chi connectivity index (χ0) is 14.9. The van der Waals surface area contributed by atoms with Gasteiger partial charge in [-0.2, -0.15) is 0 Å². The number of ketones is 1. The maximum atomic E-state index is 11.9. The van der Waals surface area contributed by atoms with Crippen molar-refractivity contribution in [3.63, 3.8) is 0 Å². The molecule has 0 aliphatic heterocycles. The minimum absolute atomic E-state index is 0.0402. The van der Waals surface area contributed by atoms with E-state index in [4.69, 9.17) is 9.47 Å². The summed E-state index contributed by atoms with van der Waals surface area (Å²) in [6, 6.07) is 3.74. The summed E-state index contributed by atoms with van der Waals surface area (Å²) < 4.78 is 13.0. The molecule has 1 aliphatic carbocycles. The fourth-order valence-corrected chi connectivity index (χ4v) is 3.68. The van der Waals surface area contributed by atoms with Crippen molar-refractivity contribution >= 4 is 37.6 Å². The van der Waals surface area contributed by atoms with Gasteiger partial charge < -0.3 is 9.47 Å². The Morgan fingerprint density at radius 2 is 1.75 bits per heavy atom. The van der Waals surface area contributed by atoms with Gasteiger partial charge in [0.2, 0.25) is 0 Å². The van der Waals surface area contributed by atoms with E-state index in [-0.39, 0.29) is 11.5 Å². The first kappa shape index (κ1) is 15.8. The van der Waals surface area contributed by atoms with Crippen LogP contribution in [0.2, 0.25) is 0 Å². The van der Waals surface area contributed by atoms with Crippen LogP contribution in [-0.2, 0) is 4.79 Å². The maximum Gasteiger partial charge on any atom is 0.146 e. The van der Waals surface area contributed by atoms with Crippen molar-refractivity contribution in [2.75, 3.05) is 7.11 Å². The number of benzene rings is 1. The largest absolute Gasteiger partial charge is 0.496 e. The Hall–Kier alpha value is -0.550. The molecule has 0 aromatic heterocycles. The van der Waals surface area contributed by atoms with Crippen LogP contribution in [0.4, 0.5) is 0 Å². The first-order chi connectivity index (χ1) is 9.48. The van der Waals surface area contributed by atoms with Gasteiger partial charge >= 0.3 is 0 Å². The van der Waals surface area contributed by atoms with Crippen LogP contribution < -0.4 is 9.47 Å². The maximum absolute atomic E-state index is 11.9. The topological polar surface area (TPSA) is 35.5 Å². The van der Waals surface area contributed by atoms with Crippen molar-refractivity contribution < 1.29 is 14.3 Å². The number of rotatable bonds is 5. The zero-order valence-corrected chi connectivity index (χ0v) is 15.0. The highest BCUT2D eigenvalue weighted by Gasteiger charge is 2.54. The molecule has 5 heteroatoms. The summed E-state index contributed by atoms with van der Waals surface area (Å²) in [6.45, 7) is 4.10. The zero-order valence-electron chi connectivity index (χ0n) is 11.8. The summed E-state index contributed by atoms with van der Waals surface area (Å²) >= 11 is 6.94. The lowest BCUT2D eigenvalue weighted by atomic mass is 9.61. The molecule has 0 spiro atoms. The average Bonchev–Trinajstić information content (AvgIpc) is 2.43. The summed E-state index contributed by atoms with van der Waals surface area (Å²) in [5.74, 6) is 1.80. The van der Waals surface area contributed by atoms with Crippen molar-refractivity contribution in [2.45, 2.75) is 39.2 Å². The molecule has 3 nitrogen and oxygen atoms in total. The van der Waals surface area contributed by atoms with E-state index in [2.05, 4.69) is 45.7 Å². The molecule has 0 radical (unpaired) electrons. The molecule has 0 bridgehead atoms. The fraction of sp³-hybridized carbons (Fsp3) is 0.533. The molecule has 0 N–H and O–H groups in total. The van der Waals surface area contributed by atoms with Crippen LogP contribution >= 0.6 is 31.9 Å². The smallest absolute Gasteiger partial charge is 0.146 e. The average molecular weight is 406 g/mol. The normalized spacial score (nSPS) is 20.4. The Labute approximate surface area is 136 Å². The quantitative estimate of drug-likeness (QED) is 0.709. The van der Waals surface area contributed by atoms with E-state index < -0.39 is 0 Å². The molecular weight excluding hydrogens is 388 g/mol. The van der Waals surface area contributed by atoms with Gasteiger partial charge in [-0.3, -0.25) is 4.79 Å². The molecule has 0 heterocycles. The molecule has 2 rings (SSSR count). The summed E-state index contributed by atoms with van der Waals surface area (Å²) in [5.41, 5.74) is -0.314. The van der Waals surface area contributed by atoms with Gasteiger partial charge in [0.25, 0.3) is 0 Å². The van der Waals surface area contributed by atoms with Crippen LogP contribution in [0.5, 0.6) is 11.5 Å². The van der Waals surface area contributed by atoms with Gasteiger partial charge in [0, 0.05) is 6.42 Å². The Kier molecular flexibility index (Phi) is 4.80. The van der Waals surface area contributed by atoms with Gasteiger partial charge in [-0.05, 0) is 56.8 Å². The SMILES string of the molecule is CCC1(CC)C(=O)CC1Oc1cc(Br)c(OC)cc1Br. The Bertz CT molecular complexity index is 524. The number of ether oxygens (including phenoxy) is 2. The fourth-order valence-electron chi connectivity index (χ4n) is 2.78. The van der Waals surface area contributed by atoms with Crippen LogP contribution in [0.25, 0.3) is 0 Å². The molecule has 1 aromatic carbocycles. The molecular formula is C15H18Br2O3. The number of hydrogen-bond acceptors (Lipinski definition) is 3. The van der Waals surface area contributed by atoms with Crippen LogP contribution in [0.1, 0.15) is 33.1 Å². The monoisotopic (exact) mass is 404 g/mol. The number of methoxy groups -OCH3 is 1. The van der Waals surface area contributed by atoms with Gasteiger partial charge in [-0.15, -0.1) is 0 Å². The molecule has 1 aliphatic rings. The highest BCUT2D eigenvalue weighted by atomic mass is 79.9. The van der Waals surface area contributed by atoms with Crippen LogP contribution in [0.15, 0.2) is 21.1 Å². The molecule has 0 amide bonds. The van der Waals surface area contributed by atoms with Crippen LogP contribution in [0.3, 0.4) is 0 Å². The van der Waals surface area contributed by atoms with E-state index in [1.54, 1.807) is 7.11 Å². The van der Waals surface area contributed by atoms with E-state index in [9.17, 15) is 4.79 Å². The number of carbonyl (C=O) groups excluding carboxylic acids is 1. The molecule has 1 saturated carbocycles. The molecule has 110 valence electrons. The lowest BCUT2D eigenvalue weighted by Crippen LogP contribution is -2.56. The third-order valence-electron chi connectivity index (χ3n) is 4.28. The van der Waals surface area contributed by atoms with E-state index >= 15 is 0 Å². The predicted octanol–water partition coefficient (Wildman–Crippen LogP) is 4.75. The van der Waals surface area contributed by atoms with Crippen molar-refractivity contribution in [1.29, 1.82) is 0 Å². The number of halogens is 2. The number of hydrogen-bond donors (Lipinski definition) is 0. The Morgan fingerprint density at radius 1 is 1.20 bits per heavy atom. The molecule has 1 aromatic rings. The van der Waals surface area contributed by atoms with Gasteiger partial charge in [-0.1, -0.05) is 13.8 Å². The lowest BCUT2D eigenvalue weighted by Gasteiger charge is -2.46. The molecule has 20 heavy (non-hydrogen) atoms. The highest BCUT2D eigenvalue weighted by molar-refractivity contribution is 9.11. The minimum atomic E-state index is -0.314. The van der Waals surface area contributed by atoms with Crippen LogP contribution in [0, 0.1) is 5.41 Å². The van der Waals surface area contributed by atoms with Crippen molar-refractivity contribution in [3.05, 3.63) is 21.1 Å². The predicted molar refractivity (Wildman–Crippen MR) is 85.4 cm³/mol. The van der Waals surface area contributed by atoms with E-state index in [1.165, 1.54) is 0 Å². The lowest BCUT2D eigenvalue weighted by molar-refractivity contribution is -0.153. The van der Waals surface area contributed by atoms with Crippen molar-refractivity contribution in [1.82, 2.24) is 0 Å². The van der Waals surface area contributed by atoms with Crippen molar-refractivity contribution in [2.24, 2.45) is 5.41 Å². The third-order valence-corrected chi connectivity index (χ3v) is 5.52. The molecule has 1 fully saturated rings. The number of Topliss-reactive ketones (excluding diaryl/α,β-unsaturated/α-hetero) is 1. The second-order valence-electron chi connectivity index (χ2n) is 5.01. The van der Waals surface area contributed by atoms with E-state index in [1.807, 2.05) is 12.1 Å². The number of carbonyl (C=O) groups is 1. The summed E-state index contributed by atoms with van der Waals surface area (Å²) in [7, 11) is 1.62. The molecule has 0 saturated heterocycles. The standard InChI is InChI=1S/C15H18Br2O3/c1-4-15(5-2)13(18)8-14(15)20-12-7-9(16)11(19-3)6-10(12)17/h6-7,14H,4-5,8H2,1-3H3. The highest BCUT2D eigenvalue weighted by Crippen LogP contribution is 2.47. The summed E-state index contributed by atoms with van der Waals surface area (Å²) in [4.78, 5) is 11.9. The summed E-state index contributed by atoms with van der Waals surface area (Å²) in [6.07, 6.45) is 2.10. The van der Waals surface area contributed by atoms with Crippen LogP contribution in [-0.4, -0.2) is 19.0 Å². The second kappa shape index (κ2) is 6.06. The second-order valence-corrected chi connectivity index (χ2v) is 6.72. The molecule has 1 atom stereocenters.